The van der Waals surface area contributed by atoms with Crippen molar-refractivity contribution >= 4 is 0 Å². The molecule has 0 atom stereocenters. The molecule has 0 saturated carbocycles. The zero-order valence-corrected chi connectivity index (χ0v) is 9.72. The Kier molecular flexibility index (Phi) is 26.8. The van der Waals surface area contributed by atoms with Gasteiger partial charge in [-0.15, -0.1) is 0 Å². The van der Waals surface area contributed by atoms with Gasteiger partial charge in [0.25, 0.3) is 0 Å². The quantitative estimate of drug-likeness (QED) is 0.245. The number of hydrogen-bond donors (Lipinski definition) is 1. The molecule has 0 fully saturated rings. The molecule has 1 nitrogen and oxygen atoms in total. The van der Waals surface area contributed by atoms with E-state index in [0.29, 0.717) is 0 Å². The average Bonchev–Trinajstić information content (AvgIpc) is 1.97. The number of aliphatic hydroxyl groups excluding tert-OH is 1. The van der Waals surface area contributed by atoms with Gasteiger partial charge in [-0.05, 0) is 0 Å². The maximum absolute atomic E-state index is 8.23. The Labute approximate surface area is 97.5 Å². The monoisotopic (exact) mass is 301 g/mol. The van der Waals surface area contributed by atoms with Crippen molar-refractivity contribution in [2.24, 2.45) is 0 Å². The molecule has 4 heteroatoms. The smallest absolute Gasteiger partial charge is 1.00 e. The molecule has 0 aliphatic heterocycles. The molecule has 0 saturated heterocycles. The average molecular weight is 303 g/mol. The summed E-state index contributed by atoms with van der Waals surface area (Å²) in [6.45, 7) is 0. The SMILES string of the molecule is OC=CC=CCCC[CH2][Pd+2].[Cl-].[Cl-]. The fourth-order valence-electron chi connectivity index (χ4n) is 0.566. The van der Waals surface area contributed by atoms with Crippen LogP contribution in [0.2, 0.25) is 4.89 Å². The molecule has 12 heavy (non-hydrogen) atoms. The first kappa shape index (κ1) is 18.3. The van der Waals surface area contributed by atoms with Gasteiger partial charge in [-0.2, -0.15) is 0 Å². The van der Waals surface area contributed by atoms with E-state index in [1.165, 1.54) is 12.8 Å². The summed E-state index contributed by atoms with van der Waals surface area (Å²) in [6.07, 6.45) is 10.1. The van der Waals surface area contributed by atoms with Gasteiger partial charge < -0.3 is 24.8 Å². The van der Waals surface area contributed by atoms with E-state index in [1.54, 1.807) is 6.08 Å². The Morgan fingerprint density at radius 1 is 1.08 bits per heavy atom. The molecule has 0 bridgehead atoms. The summed E-state index contributed by atoms with van der Waals surface area (Å²) in [6, 6.07) is 0. The van der Waals surface area contributed by atoms with Crippen LogP contribution in [0, 0.1) is 0 Å². The van der Waals surface area contributed by atoms with Crippen molar-refractivity contribution in [2.45, 2.75) is 24.2 Å². The van der Waals surface area contributed by atoms with Crippen LogP contribution in [0.3, 0.4) is 0 Å². The minimum absolute atomic E-state index is 0. The van der Waals surface area contributed by atoms with Crippen LogP contribution in [0.5, 0.6) is 0 Å². The second kappa shape index (κ2) is 17.6. The summed E-state index contributed by atoms with van der Waals surface area (Å²) < 4.78 is 0. The summed E-state index contributed by atoms with van der Waals surface area (Å²) in [4.78, 5) is 1.12. The van der Waals surface area contributed by atoms with Crippen LogP contribution in [0.25, 0.3) is 0 Å². The topological polar surface area (TPSA) is 20.2 Å². The van der Waals surface area contributed by atoms with Gasteiger partial charge in [-0.3, -0.25) is 0 Å². The number of aliphatic hydroxyl groups is 1. The Bertz CT molecular complexity index is 116. The molecule has 0 aromatic carbocycles. The van der Waals surface area contributed by atoms with E-state index in [2.05, 4.69) is 25.3 Å². The van der Waals surface area contributed by atoms with Gasteiger partial charge in [-0.1, -0.05) is 0 Å². The number of rotatable bonds is 5. The van der Waals surface area contributed by atoms with Crippen LogP contribution in [-0.2, 0) is 19.2 Å². The van der Waals surface area contributed by atoms with E-state index in [9.17, 15) is 0 Å². The molecule has 0 aromatic rings. The molecule has 0 aliphatic rings. The van der Waals surface area contributed by atoms with Crippen LogP contribution in [0.15, 0.2) is 24.5 Å². The molecule has 0 aliphatic carbocycles. The Morgan fingerprint density at radius 2 is 1.75 bits per heavy atom. The van der Waals surface area contributed by atoms with Gasteiger partial charge in [-0.25, -0.2) is 0 Å². The molecule has 0 heterocycles. The fraction of sp³-hybridized carbons (Fsp3) is 0.500. The number of unbranched alkanes of at least 4 members (excludes halogenated alkanes) is 2. The molecule has 0 amide bonds. The van der Waals surface area contributed by atoms with E-state index in [0.717, 1.165) is 17.6 Å². The van der Waals surface area contributed by atoms with Crippen molar-refractivity contribution < 1.29 is 49.1 Å². The third-order valence-electron chi connectivity index (χ3n) is 1.07. The van der Waals surface area contributed by atoms with Crippen molar-refractivity contribution in [3.05, 3.63) is 24.5 Å². The van der Waals surface area contributed by atoms with E-state index < -0.39 is 0 Å². The van der Waals surface area contributed by atoms with Gasteiger partial charge in [0.1, 0.15) is 0 Å². The molecule has 0 aromatic heterocycles. The Balaban J connectivity index is -0.000000405. The maximum atomic E-state index is 8.23. The second-order valence-corrected chi connectivity index (χ2v) is 2.70. The predicted octanol–water partition coefficient (Wildman–Crippen LogP) is -3.24. The molecule has 0 unspecified atom stereocenters. The summed E-state index contributed by atoms with van der Waals surface area (Å²) in [5.74, 6) is 0. The standard InChI is InChI=1S/C8H13O.2ClH.Pd/c1-2-3-4-5-6-7-8-9;;;/h5-9H,1-4H2;2*1H;/q;;;+2/p-2. The van der Waals surface area contributed by atoms with E-state index in [-0.39, 0.29) is 24.8 Å². The first-order valence-electron chi connectivity index (χ1n) is 3.39. The van der Waals surface area contributed by atoms with Crippen molar-refractivity contribution in [3.63, 3.8) is 0 Å². The van der Waals surface area contributed by atoms with Gasteiger partial charge in [0, 0.05) is 0 Å². The summed E-state index contributed by atoms with van der Waals surface area (Å²) in [5.41, 5.74) is 0. The summed E-state index contributed by atoms with van der Waals surface area (Å²) in [5, 5.41) is 8.23. The first-order valence-corrected chi connectivity index (χ1v) is 4.49. The van der Waals surface area contributed by atoms with Gasteiger partial charge in [0.15, 0.2) is 0 Å². The van der Waals surface area contributed by atoms with Gasteiger partial charge in [0.05, 0.1) is 0 Å². The Hall–Kier alpha value is 0.522. The van der Waals surface area contributed by atoms with Crippen LogP contribution in [0.1, 0.15) is 19.3 Å². The van der Waals surface area contributed by atoms with Crippen molar-refractivity contribution in [1.29, 1.82) is 0 Å². The minimum Gasteiger partial charge on any atom is -1.00 e. The van der Waals surface area contributed by atoms with Gasteiger partial charge >= 0.3 is 73.0 Å². The molecule has 0 rings (SSSR count). The zero-order valence-electron chi connectivity index (χ0n) is 6.66. The van der Waals surface area contributed by atoms with E-state index in [4.69, 9.17) is 5.11 Å². The summed E-state index contributed by atoms with van der Waals surface area (Å²) in [7, 11) is 0. The maximum Gasteiger partial charge on any atom is -1.00 e. The molecular weight excluding hydrogens is 289 g/mol. The number of allylic oxidation sites excluding steroid dienone is 3. The number of hydrogen-bond acceptors (Lipinski definition) is 1. The molecule has 0 spiro atoms. The largest absolute Gasteiger partial charge is 1.00 e. The third-order valence-corrected chi connectivity index (χ3v) is 1.62. The van der Waals surface area contributed by atoms with E-state index >= 15 is 0 Å². The van der Waals surface area contributed by atoms with Gasteiger partial charge in [0.2, 0.25) is 0 Å². The van der Waals surface area contributed by atoms with Crippen molar-refractivity contribution in [3.8, 4) is 0 Å². The van der Waals surface area contributed by atoms with Crippen LogP contribution in [0.4, 0.5) is 0 Å². The van der Waals surface area contributed by atoms with Crippen LogP contribution >= 0.6 is 0 Å². The molecule has 0 radical (unpaired) electrons. The zero-order chi connectivity index (χ0) is 7.66. The van der Waals surface area contributed by atoms with Crippen LogP contribution in [-0.4, -0.2) is 5.11 Å². The minimum atomic E-state index is 0. The van der Waals surface area contributed by atoms with Crippen LogP contribution < -0.4 is 24.8 Å². The Morgan fingerprint density at radius 3 is 2.25 bits per heavy atom. The molecular formula is C8H13Cl2OPd. The number of halogens is 2. The van der Waals surface area contributed by atoms with Crippen molar-refractivity contribution in [2.75, 3.05) is 0 Å². The first-order chi connectivity index (χ1) is 4.91. The van der Waals surface area contributed by atoms with E-state index in [1.807, 2.05) is 6.08 Å². The third kappa shape index (κ3) is 16.9. The normalized spacial score (nSPS) is 9.75. The molecule has 75 valence electrons. The predicted molar refractivity (Wildman–Crippen MR) is 39.6 cm³/mol. The molecule has 1 N–H and O–H groups in total. The second-order valence-electron chi connectivity index (χ2n) is 1.92. The fourth-order valence-corrected chi connectivity index (χ4v) is 0.954. The summed E-state index contributed by atoms with van der Waals surface area (Å²) >= 11 is 3.12. The van der Waals surface area contributed by atoms with Crippen molar-refractivity contribution in [1.82, 2.24) is 0 Å².